The third-order valence-corrected chi connectivity index (χ3v) is 3.91. The van der Waals surface area contributed by atoms with Crippen LogP contribution >= 0.6 is 11.6 Å². The van der Waals surface area contributed by atoms with Gasteiger partial charge < -0.3 is 14.8 Å². The van der Waals surface area contributed by atoms with Gasteiger partial charge in [-0.05, 0) is 24.5 Å². The molecule has 1 atom stereocenters. The largest absolute Gasteiger partial charge is 0.489 e. The minimum atomic E-state index is -0.131. The second kappa shape index (κ2) is 7.03. The molecule has 0 bridgehead atoms. The molecule has 1 aromatic rings. The van der Waals surface area contributed by atoms with Crippen molar-refractivity contribution in [2.75, 3.05) is 13.2 Å². The summed E-state index contributed by atoms with van der Waals surface area (Å²) in [6.07, 6.45) is 1.69. The fraction of sp³-hybridized carbons (Fsp3) is 0.562. The lowest BCUT2D eigenvalue weighted by Gasteiger charge is -2.21. The molecule has 0 aromatic heterocycles. The molecule has 1 aliphatic rings. The van der Waals surface area contributed by atoms with Crippen LogP contribution in [-0.2, 0) is 0 Å². The summed E-state index contributed by atoms with van der Waals surface area (Å²) in [5, 5.41) is 3.45. The number of benzene rings is 1. The Morgan fingerprint density at radius 1 is 1.33 bits per heavy atom. The van der Waals surface area contributed by atoms with E-state index in [0.717, 1.165) is 12.8 Å². The van der Waals surface area contributed by atoms with Crippen LogP contribution in [0.15, 0.2) is 12.1 Å². The predicted molar refractivity (Wildman–Crippen MR) is 83.4 cm³/mol. The van der Waals surface area contributed by atoms with Crippen molar-refractivity contribution in [1.29, 1.82) is 0 Å². The second-order valence-electron chi connectivity index (χ2n) is 5.57. The van der Waals surface area contributed by atoms with Crippen LogP contribution in [0.2, 0.25) is 5.02 Å². The van der Waals surface area contributed by atoms with Crippen LogP contribution in [0.5, 0.6) is 11.5 Å². The summed E-state index contributed by atoms with van der Waals surface area (Å²) >= 11 is 6.21. The van der Waals surface area contributed by atoms with Gasteiger partial charge in [0.1, 0.15) is 0 Å². The van der Waals surface area contributed by atoms with Gasteiger partial charge in [-0.3, -0.25) is 4.79 Å². The third kappa shape index (κ3) is 3.82. The Morgan fingerprint density at radius 2 is 2.05 bits per heavy atom. The number of nitrogens with one attached hydrogen (secondary N) is 1. The van der Waals surface area contributed by atoms with Crippen molar-refractivity contribution in [3.8, 4) is 11.5 Å². The fourth-order valence-electron chi connectivity index (χ4n) is 2.35. The Bertz CT molecular complexity index is 516. The predicted octanol–water partition coefficient (Wildman–Crippen LogP) is 3.67. The number of amides is 1. The number of rotatable bonds is 4. The van der Waals surface area contributed by atoms with Crippen molar-refractivity contribution in [2.24, 2.45) is 5.92 Å². The zero-order chi connectivity index (χ0) is 15.4. The molecule has 2 rings (SSSR count). The fourth-order valence-corrected chi connectivity index (χ4v) is 2.62. The zero-order valence-corrected chi connectivity index (χ0v) is 13.5. The minimum Gasteiger partial charge on any atom is -0.489 e. The molecular formula is C16H22ClNO3. The van der Waals surface area contributed by atoms with Crippen molar-refractivity contribution in [1.82, 2.24) is 5.32 Å². The van der Waals surface area contributed by atoms with Gasteiger partial charge in [0.15, 0.2) is 11.5 Å². The van der Waals surface area contributed by atoms with E-state index in [1.807, 2.05) is 0 Å². The first-order valence-electron chi connectivity index (χ1n) is 7.43. The molecule has 1 aliphatic heterocycles. The van der Waals surface area contributed by atoms with Gasteiger partial charge in [0.2, 0.25) is 0 Å². The van der Waals surface area contributed by atoms with Gasteiger partial charge in [-0.2, -0.15) is 0 Å². The average molecular weight is 312 g/mol. The monoisotopic (exact) mass is 311 g/mol. The number of carbonyl (C=O) groups excluding carboxylic acids is 1. The first kappa shape index (κ1) is 16.0. The molecule has 5 heteroatoms. The smallest absolute Gasteiger partial charge is 0.251 e. The molecule has 0 fully saturated rings. The third-order valence-electron chi connectivity index (χ3n) is 3.63. The molecule has 1 heterocycles. The van der Waals surface area contributed by atoms with Crippen molar-refractivity contribution in [2.45, 2.75) is 39.7 Å². The number of halogens is 1. The summed E-state index contributed by atoms with van der Waals surface area (Å²) in [6, 6.07) is 3.49. The summed E-state index contributed by atoms with van der Waals surface area (Å²) in [5.74, 6) is 1.33. The molecule has 1 amide bonds. The van der Waals surface area contributed by atoms with Gasteiger partial charge in [-0.15, -0.1) is 0 Å². The lowest BCUT2D eigenvalue weighted by molar-refractivity contribution is 0.0924. The van der Waals surface area contributed by atoms with Gasteiger partial charge in [-0.1, -0.05) is 32.4 Å². The maximum atomic E-state index is 12.4. The van der Waals surface area contributed by atoms with Crippen LogP contribution in [0.4, 0.5) is 0 Å². The van der Waals surface area contributed by atoms with Gasteiger partial charge >= 0.3 is 0 Å². The van der Waals surface area contributed by atoms with Crippen LogP contribution in [0.3, 0.4) is 0 Å². The van der Waals surface area contributed by atoms with Gasteiger partial charge in [-0.25, -0.2) is 0 Å². The molecule has 116 valence electrons. The molecule has 1 N–H and O–H groups in total. The second-order valence-corrected chi connectivity index (χ2v) is 5.98. The van der Waals surface area contributed by atoms with E-state index in [4.69, 9.17) is 21.1 Å². The Hall–Kier alpha value is -1.42. The van der Waals surface area contributed by atoms with Gasteiger partial charge in [0.05, 0.1) is 18.2 Å². The Balaban J connectivity index is 2.22. The van der Waals surface area contributed by atoms with Gasteiger partial charge in [0, 0.05) is 18.0 Å². The summed E-state index contributed by atoms with van der Waals surface area (Å²) in [6.45, 7) is 7.39. The molecule has 4 nitrogen and oxygen atoms in total. The summed E-state index contributed by atoms with van der Waals surface area (Å²) in [4.78, 5) is 12.4. The molecule has 21 heavy (non-hydrogen) atoms. The zero-order valence-electron chi connectivity index (χ0n) is 12.7. The maximum absolute atomic E-state index is 12.4. The molecular weight excluding hydrogens is 290 g/mol. The summed E-state index contributed by atoms with van der Waals surface area (Å²) in [5.41, 5.74) is 0.503. The Labute approximate surface area is 130 Å². The van der Waals surface area contributed by atoms with Gasteiger partial charge in [0.25, 0.3) is 5.91 Å². The molecule has 1 unspecified atom stereocenters. The van der Waals surface area contributed by atoms with E-state index in [2.05, 4.69) is 26.1 Å². The maximum Gasteiger partial charge on any atom is 0.251 e. The van der Waals surface area contributed by atoms with E-state index in [9.17, 15) is 4.79 Å². The first-order valence-corrected chi connectivity index (χ1v) is 7.80. The van der Waals surface area contributed by atoms with Crippen molar-refractivity contribution in [3.63, 3.8) is 0 Å². The van der Waals surface area contributed by atoms with Crippen LogP contribution in [0.1, 0.15) is 44.0 Å². The topological polar surface area (TPSA) is 47.6 Å². The molecule has 0 saturated heterocycles. The van der Waals surface area contributed by atoms with Crippen LogP contribution in [0.25, 0.3) is 0 Å². The van der Waals surface area contributed by atoms with E-state index in [-0.39, 0.29) is 11.9 Å². The highest BCUT2D eigenvalue weighted by molar-refractivity contribution is 6.32. The van der Waals surface area contributed by atoms with E-state index in [1.54, 1.807) is 12.1 Å². The molecule has 0 aliphatic carbocycles. The molecule has 1 aromatic carbocycles. The number of ether oxygens (including phenoxy) is 2. The lowest BCUT2D eigenvalue weighted by Crippen LogP contribution is -2.38. The van der Waals surface area contributed by atoms with E-state index in [0.29, 0.717) is 41.2 Å². The van der Waals surface area contributed by atoms with Crippen LogP contribution in [0, 0.1) is 5.92 Å². The Kier molecular flexibility index (Phi) is 5.34. The van der Waals surface area contributed by atoms with E-state index >= 15 is 0 Å². The van der Waals surface area contributed by atoms with E-state index in [1.165, 1.54) is 0 Å². The minimum absolute atomic E-state index is 0.131. The Morgan fingerprint density at radius 3 is 2.71 bits per heavy atom. The molecule has 0 saturated carbocycles. The SMILES string of the molecule is CCC(NC(=O)c1cc(Cl)c2c(c1)OCCCO2)C(C)C. The number of fused-ring (bicyclic) bond motifs is 1. The average Bonchev–Trinajstić information content (AvgIpc) is 2.69. The highest BCUT2D eigenvalue weighted by Crippen LogP contribution is 2.38. The summed E-state index contributed by atoms with van der Waals surface area (Å²) in [7, 11) is 0. The number of hydrogen-bond acceptors (Lipinski definition) is 3. The normalized spacial score (nSPS) is 15.5. The number of hydrogen-bond donors (Lipinski definition) is 1. The van der Waals surface area contributed by atoms with Crippen LogP contribution in [-0.4, -0.2) is 25.2 Å². The lowest BCUT2D eigenvalue weighted by atomic mass is 10.0. The van der Waals surface area contributed by atoms with Crippen molar-refractivity contribution in [3.05, 3.63) is 22.7 Å². The van der Waals surface area contributed by atoms with E-state index < -0.39 is 0 Å². The van der Waals surface area contributed by atoms with Crippen molar-refractivity contribution < 1.29 is 14.3 Å². The molecule has 0 spiro atoms. The highest BCUT2D eigenvalue weighted by Gasteiger charge is 2.20. The standard InChI is InChI=1S/C16H22ClNO3/c1-4-13(10(2)3)18-16(19)11-8-12(17)15-14(9-11)20-6-5-7-21-15/h8-10,13H,4-7H2,1-3H3,(H,18,19). The summed E-state index contributed by atoms with van der Waals surface area (Å²) < 4.78 is 11.2. The quantitative estimate of drug-likeness (QED) is 0.923. The highest BCUT2D eigenvalue weighted by atomic mass is 35.5. The van der Waals surface area contributed by atoms with Crippen molar-refractivity contribution >= 4 is 17.5 Å². The number of carbonyl (C=O) groups is 1. The first-order chi connectivity index (χ1) is 10.0. The van der Waals surface area contributed by atoms with Crippen LogP contribution < -0.4 is 14.8 Å². The molecule has 0 radical (unpaired) electrons.